The van der Waals surface area contributed by atoms with E-state index in [1.807, 2.05) is 0 Å². The minimum absolute atomic E-state index is 0.000184. The topological polar surface area (TPSA) is 77.7 Å². The fourth-order valence-corrected chi connectivity index (χ4v) is 2.94. The third-order valence-electron chi connectivity index (χ3n) is 4.32. The van der Waals surface area contributed by atoms with Gasteiger partial charge in [-0.2, -0.15) is 18.2 Å². The van der Waals surface area contributed by atoms with E-state index in [9.17, 15) is 18.0 Å². The highest BCUT2D eigenvalue weighted by atomic mass is 19.4. The molecule has 0 saturated carbocycles. The van der Waals surface area contributed by atoms with E-state index < -0.39 is 12.1 Å². The van der Waals surface area contributed by atoms with Gasteiger partial charge in [0.25, 0.3) is 0 Å². The van der Waals surface area contributed by atoms with Crippen molar-refractivity contribution >= 4 is 5.91 Å². The van der Waals surface area contributed by atoms with Crippen LogP contribution in [0.15, 0.2) is 28.8 Å². The number of rotatable bonds is 7. The van der Waals surface area contributed by atoms with Crippen LogP contribution in [0.5, 0.6) is 0 Å². The molecular formula is C18H20F3N3O4. The number of aromatic nitrogens is 2. The van der Waals surface area contributed by atoms with Crippen LogP contribution in [-0.4, -0.2) is 53.9 Å². The first-order chi connectivity index (χ1) is 13.4. The summed E-state index contributed by atoms with van der Waals surface area (Å²) >= 11 is 0. The van der Waals surface area contributed by atoms with E-state index >= 15 is 0 Å². The van der Waals surface area contributed by atoms with Crippen molar-refractivity contribution in [1.29, 1.82) is 0 Å². The van der Waals surface area contributed by atoms with E-state index in [4.69, 9.17) is 9.47 Å². The summed E-state index contributed by atoms with van der Waals surface area (Å²) in [6.45, 7) is 1.45. The Morgan fingerprint density at radius 2 is 2.07 bits per heavy atom. The smallest absolute Gasteiger partial charge is 0.376 e. The molecule has 3 rings (SSSR count). The van der Waals surface area contributed by atoms with Crippen LogP contribution in [0.2, 0.25) is 0 Å². The monoisotopic (exact) mass is 399 g/mol. The van der Waals surface area contributed by atoms with Crippen molar-refractivity contribution in [3.63, 3.8) is 0 Å². The molecule has 1 aromatic heterocycles. The summed E-state index contributed by atoms with van der Waals surface area (Å²) in [5.41, 5.74) is 1.20. The average molecular weight is 399 g/mol. The van der Waals surface area contributed by atoms with E-state index in [2.05, 4.69) is 14.7 Å². The van der Waals surface area contributed by atoms with Crippen molar-refractivity contribution in [2.24, 2.45) is 0 Å². The lowest BCUT2D eigenvalue weighted by Crippen LogP contribution is -2.38. The molecule has 28 heavy (non-hydrogen) atoms. The Bertz CT molecular complexity index is 786. The molecule has 0 bridgehead atoms. The van der Waals surface area contributed by atoms with Gasteiger partial charge in [0, 0.05) is 32.4 Å². The summed E-state index contributed by atoms with van der Waals surface area (Å²) in [5.74, 6) is -1.69. The second-order valence-corrected chi connectivity index (χ2v) is 6.46. The summed E-state index contributed by atoms with van der Waals surface area (Å²) in [4.78, 5) is 17.3. The minimum Gasteiger partial charge on any atom is -0.376 e. The Hall–Kier alpha value is -2.46. The third kappa shape index (κ3) is 5.08. The molecule has 1 unspecified atom stereocenters. The first-order valence-electron chi connectivity index (χ1n) is 8.75. The van der Waals surface area contributed by atoms with E-state index in [1.54, 1.807) is 29.2 Å². The number of carbonyl (C=O) groups excluding carboxylic acids is 1. The molecule has 10 heteroatoms. The fraction of sp³-hybridized carbons (Fsp3) is 0.500. The molecule has 0 radical (unpaired) electrons. The maximum atomic E-state index is 12.6. The number of carbonyl (C=O) groups is 1. The summed E-state index contributed by atoms with van der Waals surface area (Å²) in [6.07, 6.45) is -2.82. The normalized spacial score (nSPS) is 17.1. The van der Waals surface area contributed by atoms with Crippen molar-refractivity contribution in [2.45, 2.75) is 31.7 Å². The molecule has 0 N–H and O–H groups in total. The minimum atomic E-state index is -4.68. The lowest BCUT2D eigenvalue weighted by molar-refractivity contribution is -0.159. The van der Waals surface area contributed by atoms with Gasteiger partial charge in [-0.1, -0.05) is 29.4 Å². The predicted octanol–water partition coefficient (Wildman–Crippen LogP) is 2.91. The molecule has 0 aliphatic carbocycles. The van der Waals surface area contributed by atoms with Crippen LogP contribution in [0, 0.1) is 0 Å². The maximum absolute atomic E-state index is 12.6. The zero-order chi connectivity index (χ0) is 20.1. The lowest BCUT2D eigenvalue weighted by atomic mass is 10.1. The van der Waals surface area contributed by atoms with Crippen LogP contribution in [0.3, 0.4) is 0 Å². The summed E-state index contributed by atoms with van der Waals surface area (Å²) in [6, 6.07) is 6.60. The zero-order valence-electron chi connectivity index (χ0n) is 15.2. The van der Waals surface area contributed by atoms with E-state index in [-0.39, 0.29) is 24.4 Å². The fourth-order valence-electron chi connectivity index (χ4n) is 2.94. The number of hydrogen-bond donors (Lipinski definition) is 0. The second-order valence-electron chi connectivity index (χ2n) is 6.46. The van der Waals surface area contributed by atoms with E-state index in [0.717, 1.165) is 18.4 Å². The van der Waals surface area contributed by atoms with Gasteiger partial charge in [-0.25, -0.2) is 0 Å². The van der Waals surface area contributed by atoms with Gasteiger partial charge in [0.05, 0.1) is 6.10 Å². The van der Waals surface area contributed by atoms with Crippen molar-refractivity contribution in [2.75, 3.05) is 26.9 Å². The van der Waals surface area contributed by atoms with Gasteiger partial charge >= 0.3 is 12.1 Å². The molecule has 2 heterocycles. The number of halogens is 3. The molecule has 1 aliphatic rings. The zero-order valence-corrected chi connectivity index (χ0v) is 15.2. The molecule has 1 saturated heterocycles. The third-order valence-corrected chi connectivity index (χ3v) is 4.32. The van der Waals surface area contributed by atoms with Crippen molar-refractivity contribution in [3.8, 4) is 11.4 Å². The van der Waals surface area contributed by atoms with Crippen molar-refractivity contribution in [1.82, 2.24) is 15.0 Å². The molecule has 1 aromatic carbocycles. The van der Waals surface area contributed by atoms with Gasteiger partial charge in [-0.3, -0.25) is 4.79 Å². The van der Waals surface area contributed by atoms with Gasteiger partial charge in [-0.05, 0) is 18.4 Å². The molecule has 1 amide bonds. The van der Waals surface area contributed by atoms with Gasteiger partial charge in [-0.15, -0.1) is 0 Å². The van der Waals surface area contributed by atoms with Gasteiger partial charge in [0.15, 0.2) is 0 Å². The number of ether oxygens (including phenoxy) is 2. The molecular weight excluding hydrogens is 379 g/mol. The molecule has 0 spiro atoms. The van der Waals surface area contributed by atoms with Crippen LogP contribution in [0.4, 0.5) is 13.2 Å². The highest BCUT2D eigenvalue weighted by Crippen LogP contribution is 2.29. The van der Waals surface area contributed by atoms with Crippen LogP contribution >= 0.6 is 0 Å². The lowest BCUT2D eigenvalue weighted by Gasteiger charge is -2.25. The average Bonchev–Trinajstić information content (AvgIpc) is 3.33. The molecule has 1 atom stereocenters. The molecule has 1 fully saturated rings. The van der Waals surface area contributed by atoms with Crippen molar-refractivity contribution in [3.05, 3.63) is 35.7 Å². The maximum Gasteiger partial charge on any atom is 0.471 e. The predicted molar refractivity (Wildman–Crippen MR) is 91.0 cm³/mol. The molecule has 2 aromatic rings. The number of benzene rings is 1. The summed E-state index contributed by atoms with van der Waals surface area (Å²) in [5, 5.41) is 3.36. The number of hydrogen-bond acceptors (Lipinski definition) is 6. The Kier molecular flexibility index (Phi) is 6.30. The first-order valence-corrected chi connectivity index (χ1v) is 8.75. The van der Waals surface area contributed by atoms with Crippen LogP contribution in [0.1, 0.15) is 24.3 Å². The largest absolute Gasteiger partial charge is 0.471 e. The van der Waals surface area contributed by atoms with Crippen LogP contribution < -0.4 is 0 Å². The quantitative estimate of drug-likeness (QED) is 0.713. The highest BCUT2D eigenvalue weighted by molar-refractivity contribution is 5.77. The molecule has 7 nitrogen and oxygen atoms in total. The van der Waals surface area contributed by atoms with Gasteiger partial charge in [0.2, 0.25) is 11.7 Å². The Labute approximate surface area is 159 Å². The molecule has 1 aliphatic heterocycles. The number of methoxy groups -OCH3 is 1. The summed E-state index contributed by atoms with van der Waals surface area (Å²) in [7, 11) is 1.46. The Balaban J connectivity index is 1.69. The van der Waals surface area contributed by atoms with Gasteiger partial charge < -0.3 is 18.9 Å². The second kappa shape index (κ2) is 8.70. The number of amides is 1. The standard InChI is InChI=1S/C18H20F3N3O4/c1-26-11-15(25)24(10-14-3-2-8-27-14)9-12-4-6-13(7-5-12)16-22-17(28-23-16)18(19,20)21/h4-7,14H,2-3,8-11H2,1H3. The Morgan fingerprint density at radius 3 is 2.64 bits per heavy atom. The van der Waals surface area contributed by atoms with Gasteiger partial charge in [0.1, 0.15) is 6.61 Å². The van der Waals surface area contributed by atoms with Crippen LogP contribution in [-0.2, 0) is 27.0 Å². The number of nitrogens with zero attached hydrogens (tertiary/aromatic N) is 3. The van der Waals surface area contributed by atoms with E-state index in [1.165, 1.54) is 7.11 Å². The number of alkyl halides is 3. The first kappa shape index (κ1) is 20.3. The van der Waals surface area contributed by atoms with Crippen LogP contribution in [0.25, 0.3) is 11.4 Å². The molecule has 152 valence electrons. The van der Waals surface area contributed by atoms with Crippen molar-refractivity contribution < 1.29 is 32.0 Å². The Morgan fingerprint density at radius 1 is 1.32 bits per heavy atom. The SMILES string of the molecule is COCC(=O)N(Cc1ccc(-c2noc(C(F)(F)F)n2)cc1)CC1CCCO1. The highest BCUT2D eigenvalue weighted by Gasteiger charge is 2.38. The van der Waals surface area contributed by atoms with E-state index in [0.29, 0.717) is 25.3 Å². The summed E-state index contributed by atoms with van der Waals surface area (Å²) < 4.78 is 52.5.